The number of hydrogen-bond acceptors (Lipinski definition) is 4. The van der Waals surface area contributed by atoms with E-state index in [1.807, 2.05) is 0 Å². The van der Waals surface area contributed by atoms with Gasteiger partial charge in [0.05, 0.1) is 6.61 Å². The third-order valence-electron chi connectivity index (χ3n) is 2.80. The van der Waals surface area contributed by atoms with Crippen molar-refractivity contribution in [2.75, 3.05) is 13.2 Å². The molecule has 0 saturated carbocycles. The molecule has 0 atom stereocenters. The summed E-state index contributed by atoms with van der Waals surface area (Å²) in [7, 11) is 0. The Kier molecular flexibility index (Phi) is 5.83. The lowest BCUT2D eigenvalue weighted by molar-refractivity contribution is -0.158. The first-order valence-corrected chi connectivity index (χ1v) is 6.97. The molecule has 0 amide bonds. The Morgan fingerprint density at radius 3 is 2.48 bits per heavy atom. The predicted octanol–water partition coefficient (Wildman–Crippen LogP) is 3.26. The van der Waals surface area contributed by atoms with Gasteiger partial charge in [0.25, 0.3) is 0 Å². The minimum absolute atomic E-state index is 0.141. The van der Waals surface area contributed by atoms with Gasteiger partial charge in [0.2, 0.25) is 5.82 Å². The maximum absolute atomic E-state index is 13.5. The van der Waals surface area contributed by atoms with Crippen molar-refractivity contribution in [1.29, 1.82) is 0 Å². The summed E-state index contributed by atoms with van der Waals surface area (Å²) in [4.78, 5) is 23.6. The van der Waals surface area contributed by atoms with E-state index in [2.05, 4.69) is 15.9 Å². The second kappa shape index (κ2) is 6.98. The first-order valence-electron chi connectivity index (χ1n) is 6.18. The van der Waals surface area contributed by atoms with Crippen molar-refractivity contribution < 1.29 is 27.8 Å². The molecule has 0 spiro atoms. The molecule has 1 rings (SSSR count). The molecule has 0 aliphatic carbocycles. The fourth-order valence-electron chi connectivity index (χ4n) is 1.39. The summed E-state index contributed by atoms with van der Waals surface area (Å²) in [5.74, 6) is -3.99. The van der Waals surface area contributed by atoms with Crippen LogP contribution in [-0.4, -0.2) is 25.0 Å². The van der Waals surface area contributed by atoms with Gasteiger partial charge in [0, 0.05) is 4.47 Å². The zero-order valence-electron chi connectivity index (χ0n) is 11.8. The third kappa shape index (κ3) is 4.23. The first kappa shape index (κ1) is 17.6. The van der Waals surface area contributed by atoms with Crippen molar-refractivity contribution in [1.82, 2.24) is 0 Å². The molecule has 0 radical (unpaired) electrons. The Labute approximate surface area is 129 Å². The summed E-state index contributed by atoms with van der Waals surface area (Å²) < 4.78 is 36.7. The van der Waals surface area contributed by atoms with Crippen LogP contribution in [0.15, 0.2) is 16.6 Å². The van der Waals surface area contributed by atoms with Gasteiger partial charge in [-0.3, -0.25) is 9.59 Å². The van der Waals surface area contributed by atoms with Crippen LogP contribution < -0.4 is 4.74 Å². The smallest absolute Gasteiger partial charge is 0.319 e. The standard InChI is InChI=1S/C14H15BrF2O4/c1-4-20-13(19)14(2,3)11(18)7-21-10-6-8(15)5-9(16)12(10)17/h5-6H,4,7H2,1-3H3. The third-order valence-corrected chi connectivity index (χ3v) is 3.26. The molecule has 0 N–H and O–H groups in total. The van der Waals surface area contributed by atoms with E-state index in [9.17, 15) is 18.4 Å². The topological polar surface area (TPSA) is 52.6 Å². The van der Waals surface area contributed by atoms with E-state index in [-0.39, 0.29) is 11.1 Å². The number of carbonyl (C=O) groups excluding carboxylic acids is 2. The van der Waals surface area contributed by atoms with E-state index in [1.165, 1.54) is 19.9 Å². The maximum atomic E-state index is 13.5. The summed E-state index contributed by atoms with van der Waals surface area (Å²) in [5.41, 5.74) is -1.42. The van der Waals surface area contributed by atoms with Crippen LogP contribution in [0.25, 0.3) is 0 Å². The van der Waals surface area contributed by atoms with Crippen LogP contribution in [0.4, 0.5) is 8.78 Å². The Balaban J connectivity index is 2.80. The average molecular weight is 365 g/mol. The highest BCUT2D eigenvalue weighted by atomic mass is 79.9. The largest absolute Gasteiger partial charge is 0.483 e. The molecule has 0 aliphatic heterocycles. The van der Waals surface area contributed by atoms with Crippen LogP contribution in [0, 0.1) is 17.0 Å². The van der Waals surface area contributed by atoms with Gasteiger partial charge in [-0.15, -0.1) is 0 Å². The fraction of sp³-hybridized carbons (Fsp3) is 0.429. The molecule has 0 unspecified atom stereocenters. The molecule has 0 saturated heterocycles. The number of Topliss-reactive ketones (excluding diaryl/α,β-unsaturated/α-hetero) is 1. The van der Waals surface area contributed by atoms with Crippen LogP contribution in [0.5, 0.6) is 5.75 Å². The number of ketones is 1. The maximum Gasteiger partial charge on any atom is 0.319 e. The quantitative estimate of drug-likeness (QED) is 0.441. The number of benzene rings is 1. The number of ether oxygens (including phenoxy) is 2. The molecular formula is C14H15BrF2O4. The summed E-state index contributed by atoms with van der Waals surface area (Å²) in [6.07, 6.45) is 0. The van der Waals surface area contributed by atoms with Crippen LogP contribution >= 0.6 is 15.9 Å². The van der Waals surface area contributed by atoms with Crippen LogP contribution in [-0.2, 0) is 14.3 Å². The van der Waals surface area contributed by atoms with Crippen molar-refractivity contribution in [2.45, 2.75) is 20.8 Å². The van der Waals surface area contributed by atoms with E-state index in [1.54, 1.807) is 6.92 Å². The van der Waals surface area contributed by atoms with E-state index in [4.69, 9.17) is 9.47 Å². The van der Waals surface area contributed by atoms with Crippen molar-refractivity contribution in [3.63, 3.8) is 0 Å². The minimum Gasteiger partial charge on any atom is -0.483 e. The number of esters is 1. The fourth-order valence-corrected chi connectivity index (χ4v) is 1.80. The Morgan fingerprint density at radius 1 is 1.29 bits per heavy atom. The van der Waals surface area contributed by atoms with Crippen molar-refractivity contribution in [3.05, 3.63) is 28.2 Å². The zero-order valence-corrected chi connectivity index (χ0v) is 13.4. The summed E-state index contributed by atoms with van der Waals surface area (Å²) in [6.45, 7) is 3.96. The summed E-state index contributed by atoms with van der Waals surface area (Å²) >= 11 is 2.99. The van der Waals surface area contributed by atoms with Gasteiger partial charge in [-0.2, -0.15) is 4.39 Å². The molecule has 7 heteroatoms. The molecule has 116 valence electrons. The number of hydrogen-bond donors (Lipinski definition) is 0. The number of halogens is 3. The van der Waals surface area contributed by atoms with Crippen LogP contribution in [0.3, 0.4) is 0 Å². The van der Waals surface area contributed by atoms with E-state index in [0.29, 0.717) is 0 Å². The number of rotatable bonds is 6. The predicted molar refractivity (Wildman–Crippen MR) is 75.0 cm³/mol. The van der Waals surface area contributed by atoms with Gasteiger partial charge in [-0.1, -0.05) is 15.9 Å². The molecule has 0 bridgehead atoms. The second-order valence-electron chi connectivity index (χ2n) is 4.76. The van der Waals surface area contributed by atoms with Gasteiger partial charge in [-0.25, -0.2) is 4.39 Å². The van der Waals surface area contributed by atoms with Gasteiger partial charge in [-0.05, 0) is 32.9 Å². The SMILES string of the molecule is CCOC(=O)C(C)(C)C(=O)COc1cc(Br)cc(F)c1F. The van der Waals surface area contributed by atoms with Crippen LogP contribution in [0.2, 0.25) is 0 Å². The van der Waals surface area contributed by atoms with Crippen molar-refractivity contribution >= 4 is 27.7 Å². The Morgan fingerprint density at radius 2 is 1.90 bits per heavy atom. The lowest BCUT2D eigenvalue weighted by atomic mass is 9.88. The van der Waals surface area contributed by atoms with Gasteiger partial charge in [0.1, 0.15) is 12.0 Å². The Hall–Kier alpha value is -1.50. The highest BCUT2D eigenvalue weighted by Gasteiger charge is 2.37. The minimum atomic E-state index is -1.42. The lowest BCUT2D eigenvalue weighted by Crippen LogP contribution is -2.38. The van der Waals surface area contributed by atoms with Crippen LogP contribution in [0.1, 0.15) is 20.8 Å². The van der Waals surface area contributed by atoms with Gasteiger partial charge >= 0.3 is 5.97 Å². The lowest BCUT2D eigenvalue weighted by Gasteiger charge is -2.20. The normalized spacial score (nSPS) is 11.1. The van der Waals surface area contributed by atoms with E-state index >= 15 is 0 Å². The highest BCUT2D eigenvalue weighted by Crippen LogP contribution is 2.26. The second-order valence-corrected chi connectivity index (χ2v) is 5.67. The van der Waals surface area contributed by atoms with E-state index < -0.39 is 41.2 Å². The molecule has 0 fully saturated rings. The summed E-state index contributed by atoms with van der Waals surface area (Å²) in [5, 5.41) is 0. The monoisotopic (exact) mass is 364 g/mol. The molecule has 1 aromatic rings. The molecule has 0 aromatic heterocycles. The van der Waals surface area contributed by atoms with E-state index in [0.717, 1.165) is 6.07 Å². The van der Waals surface area contributed by atoms with Crippen molar-refractivity contribution in [3.8, 4) is 5.75 Å². The van der Waals surface area contributed by atoms with Crippen molar-refractivity contribution in [2.24, 2.45) is 5.41 Å². The summed E-state index contributed by atoms with van der Waals surface area (Å²) in [6, 6.07) is 2.13. The number of carbonyl (C=O) groups is 2. The zero-order chi connectivity index (χ0) is 16.2. The Bertz CT molecular complexity index is 558. The van der Waals surface area contributed by atoms with Gasteiger partial charge in [0.15, 0.2) is 17.3 Å². The highest BCUT2D eigenvalue weighted by molar-refractivity contribution is 9.10. The van der Waals surface area contributed by atoms with Gasteiger partial charge < -0.3 is 9.47 Å². The molecular weight excluding hydrogens is 350 g/mol. The average Bonchev–Trinajstić information content (AvgIpc) is 2.40. The molecule has 0 aliphatic rings. The molecule has 21 heavy (non-hydrogen) atoms. The first-order chi connectivity index (χ1) is 9.70. The molecule has 0 heterocycles. The molecule has 1 aromatic carbocycles. The molecule has 4 nitrogen and oxygen atoms in total.